The maximum absolute atomic E-state index is 12.3. The lowest BCUT2D eigenvalue weighted by Gasteiger charge is -2.32. The van der Waals surface area contributed by atoms with Gasteiger partial charge in [0.25, 0.3) is 0 Å². The van der Waals surface area contributed by atoms with Gasteiger partial charge in [-0.15, -0.1) is 0 Å². The number of hydrogen-bond acceptors (Lipinski definition) is 5. The molecule has 2 rings (SSSR count). The Balaban J connectivity index is 2.13. The normalized spacial score (nSPS) is 18.9. The van der Waals surface area contributed by atoms with Crippen LogP contribution in [0.15, 0.2) is 23.1 Å². The van der Waals surface area contributed by atoms with Gasteiger partial charge in [-0.3, -0.25) is 0 Å². The molecule has 1 aliphatic heterocycles. The first-order chi connectivity index (χ1) is 9.34. The Morgan fingerprint density at radius 1 is 1.40 bits per heavy atom. The molecule has 0 amide bonds. The second-order valence-corrected chi connectivity index (χ2v) is 6.87. The van der Waals surface area contributed by atoms with Crippen LogP contribution in [0.1, 0.15) is 18.4 Å². The van der Waals surface area contributed by atoms with Crippen LogP contribution in [0.3, 0.4) is 0 Å². The number of anilines is 1. The highest BCUT2D eigenvalue weighted by Crippen LogP contribution is 2.23. The van der Waals surface area contributed by atoms with Crippen LogP contribution in [0.4, 0.5) is 5.69 Å². The van der Waals surface area contributed by atoms with Crippen LogP contribution in [0.2, 0.25) is 0 Å². The van der Waals surface area contributed by atoms with E-state index < -0.39 is 15.6 Å². The summed E-state index contributed by atoms with van der Waals surface area (Å²) in [5.41, 5.74) is 5.62. The summed E-state index contributed by atoms with van der Waals surface area (Å²) in [6.07, 6.45) is 0.844. The standard InChI is InChI=1S/C13H20N2O4S/c1-10-11(14)3-2-4-12(10)20(17,18)15-9-13(16)5-7-19-8-6-13/h2-4,15-16H,5-9,14H2,1H3. The van der Waals surface area contributed by atoms with Crippen LogP contribution in [0, 0.1) is 6.92 Å². The second-order valence-electron chi connectivity index (χ2n) is 5.13. The van der Waals surface area contributed by atoms with Crippen LogP contribution < -0.4 is 10.5 Å². The van der Waals surface area contributed by atoms with Crippen molar-refractivity contribution in [1.29, 1.82) is 0 Å². The third kappa shape index (κ3) is 3.29. The first kappa shape index (κ1) is 15.2. The van der Waals surface area contributed by atoms with Gasteiger partial charge in [0.05, 0.1) is 10.5 Å². The van der Waals surface area contributed by atoms with E-state index in [-0.39, 0.29) is 11.4 Å². The Morgan fingerprint density at radius 2 is 2.05 bits per heavy atom. The van der Waals surface area contributed by atoms with E-state index in [9.17, 15) is 13.5 Å². The summed E-state index contributed by atoms with van der Waals surface area (Å²) in [4.78, 5) is 0.146. The molecule has 1 saturated heterocycles. The van der Waals surface area contributed by atoms with E-state index in [2.05, 4.69) is 4.72 Å². The Morgan fingerprint density at radius 3 is 2.70 bits per heavy atom. The fourth-order valence-corrected chi connectivity index (χ4v) is 3.55. The molecule has 0 saturated carbocycles. The molecule has 0 atom stereocenters. The van der Waals surface area contributed by atoms with Crippen molar-refractivity contribution >= 4 is 15.7 Å². The van der Waals surface area contributed by atoms with Gasteiger partial charge >= 0.3 is 0 Å². The lowest BCUT2D eigenvalue weighted by molar-refractivity contribution is -0.0588. The monoisotopic (exact) mass is 300 g/mol. The maximum atomic E-state index is 12.3. The van der Waals surface area contributed by atoms with E-state index in [0.29, 0.717) is 37.3 Å². The minimum Gasteiger partial charge on any atom is -0.398 e. The highest BCUT2D eigenvalue weighted by molar-refractivity contribution is 7.89. The molecule has 1 aliphatic rings. The molecule has 1 heterocycles. The lowest BCUT2D eigenvalue weighted by atomic mass is 9.95. The Kier molecular flexibility index (Phi) is 4.33. The number of hydrogen-bond donors (Lipinski definition) is 3. The summed E-state index contributed by atoms with van der Waals surface area (Å²) in [6, 6.07) is 4.75. The van der Waals surface area contributed by atoms with Gasteiger partial charge in [0.1, 0.15) is 0 Å². The van der Waals surface area contributed by atoms with Gasteiger partial charge in [-0.05, 0) is 24.6 Å². The summed E-state index contributed by atoms with van der Waals surface area (Å²) in [7, 11) is -3.68. The zero-order valence-electron chi connectivity index (χ0n) is 11.4. The predicted octanol–water partition coefficient (Wildman–Crippen LogP) is 0.397. The molecule has 0 aliphatic carbocycles. The predicted molar refractivity (Wildman–Crippen MR) is 75.8 cm³/mol. The number of ether oxygens (including phenoxy) is 1. The maximum Gasteiger partial charge on any atom is 0.241 e. The van der Waals surface area contributed by atoms with E-state index in [0.717, 1.165) is 0 Å². The van der Waals surface area contributed by atoms with Crippen LogP contribution in [0.5, 0.6) is 0 Å². The van der Waals surface area contributed by atoms with Gasteiger partial charge in [-0.1, -0.05) is 6.07 Å². The topological polar surface area (TPSA) is 102 Å². The minimum atomic E-state index is -3.68. The molecule has 1 aromatic rings. The molecule has 6 nitrogen and oxygen atoms in total. The third-order valence-corrected chi connectivity index (χ3v) is 5.18. The summed E-state index contributed by atoms with van der Waals surface area (Å²) >= 11 is 0. The summed E-state index contributed by atoms with van der Waals surface area (Å²) in [6.45, 7) is 2.52. The Hall–Kier alpha value is -1.15. The average Bonchev–Trinajstić information content (AvgIpc) is 2.41. The minimum absolute atomic E-state index is 0.0209. The quantitative estimate of drug-likeness (QED) is 0.699. The molecule has 0 aromatic heterocycles. The number of nitrogens with one attached hydrogen (secondary N) is 1. The second kappa shape index (κ2) is 5.69. The fourth-order valence-electron chi connectivity index (χ4n) is 2.16. The summed E-state index contributed by atoms with van der Waals surface area (Å²) < 4.78 is 32.2. The van der Waals surface area contributed by atoms with Crippen LogP contribution in [-0.4, -0.2) is 38.9 Å². The van der Waals surface area contributed by atoms with E-state index in [1.54, 1.807) is 19.1 Å². The van der Waals surface area contributed by atoms with Crippen molar-refractivity contribution in [2.24, 2.45) is 0 Å². The molecule has 112 valence electrons. The van der Waals surface area contributed by atoms with E-state index >= 15 is 0 Å². The first-order valence-corrected chi connectivity index (χ1v) is 7.97. The molecule has 7 heteroatoms. The molecule has 20 heavy (non-hydrogen) atoms. The number of nitrogens with two attached hydrogens (primary N) is 1. The number of nitrogen functional groups attached to an aromatic ring is 1. The number of benzene rings is 1. The summed E-state index contributed by atoms with van der Waals surface area (Å²) in [5, 5.41) is 10.3. The molecule has 0 bridgehead atoms. The fraction of sp³-hybridized carbons (Fsp3) is 0.538. The van der Waals surface area contributed by atoms with Crippen molar-refractivity contribution in [3.05, 3.63) is 23.8 Å². The van der Waals surface area contributed by atoms with Gasteiger partial charge in [0.2, 0.25) is 10.0 Å². The van der Waals surface area contributed by atoms with Crippen molar-refractivity contribution in [2.75, 3.05) is 25.5 Å². The van der Waals surface area contributed by atoms with Crippen molar-refractivity contribution < 1.29 is 18.3 Å². The largest absolute Gasteiger partial charge is 0.398 e. The number of sulfonamides is 1. The number of rotatable bonds is 4. The number of aliphatic hydroxyl groups is 1. The smallest absolute Gasteiger partial charge is 0.241 e. The molecular formula is C13H20N2O4S. The van der Waals surface area contributed by atoms with Crippen molar-refractivity contribution in [3.8, 4) is 0 Å². The Bertz CT molecular complexity index is 580. The highest BCUT2D eigenvalue weighted by atomic mass is 32.2. The highest BCUT2D eigenvalue weighted by Gasteiger charge is 2.31. The van der Waals surface area contributed by atoms with Crippen LogP contribution in [-0.2, 0) is 14.8 Å². The lowest BCUT2D eigenvalue weighted by Crippen LogP contribution is -2.46. The molecule has 0 radical (unpaired) electrons. The molecule has 1 fully saturated rings. The SMILES string of the molecule is Cc1c(N)cccc1S(=O)(=O)NCC1(O)CCOCC1. The average molecular weight is 300 g/mol. The molecular weight excluding hydrogens is 280 g/mol. The van der Waals surface area contributed by atoms with Crippen molar-refractivity contribution in [1.82, 2.24) is 4.72 Å². The first-order valence-electron chi connectivity index (χ1n) is 6.49. The zero-order valence-corrected chi connectivity index (χ0v) is 12.2. The Labute approximate surface area is 119 Å². The van der Waals surface area contributed by atoms with Crippen molar-refractivity contribution in [3.63, 3.8) is 0 Å². The van der Waals surface area contributed by atoms with Gasteiger partial charge in [-0.25, -0.2) is 13.1 Å². The van der Waals surface area contributed by atoms with Gasteiger partial charge in [0.15, 0.2) is 0 Å². The van der Waals surface area contributed by atoms with Crippen LogP contribution >= 0.6 is 0 Å². The molecule has 0 spiro atoms. The van der Waals surface area contributed by atoms with E-state index in [1.807, 2.05) is 0 Å². The summed E-state index contributed by atoms with van der Waals surface area (Å²) in [5.74, 6) is 0. The van der Waals surface area contributed by atoms with Gasteiger partial charge < -0.3 is 15.6 Å². The van der Waals surface area contributed by atoms with Crippen molar-refractivity contribution in [2.45, 2.75) is 30.3 Å². The third-order valence-electron chi connectivity index (χ3n) is 3.63. The van der Waals surface area contributed by atoms with Gasteiger partial charge in [0, 0.05) is 38.3 Å². The van der Waals surface area contributed by atoms with Crippen LogP contribution in [0.25, 0.3) is 0 Å². The molecule has 4 N–H and O–H groups in total. The molecule has 1 aromatic carbocycles. The zero-order chi connectivity index (χ0) is 14.8. The van der Waals surface area contributed by atoms with E-state index in [4.69, 9.17) is 10.5 Å². The van der Waals surface area contributed by atoms with E-state index in [1.165, 1.54) is 6.07 Å². The molecule has 0 unspecified atom stereocenters. The van der Waals surface area contributed by atoms with Gasteiger partial charge in [-0.2, -0.15) is 0 Å².